The standard InChI is InChI=1S/C11H15N5S/c1-8-14-9(7-17-8)6-16(3)10-4-5-13-11(12-2)15-10/h4-5,7H,6H2,1-3H3,(H,12,13,15). The predicted molar refractivity (Wildman–Crippen MR) is 70.5 cm³/mol. The predicted octanol–water partition coefficient (Wildman–Crippen LogP) is 1.92. The molecule has 0 bridgehead atoms. The van der Waals surface area contributed by atoms with Gasteiger partial charge in [0.1, 0.15) is 5.82 Å². The Bertz CT molecular complexity index is 496. The monoisotopic (exact) mass is 249 g/mol. The maximum Gasteiger partial charge on any atom is 0.224 e. The van der Waals surface area contributed by atoms with Crippen LogP contribution in [0.3, 0.4) is 0 Å². The first-order valence-electron chi connectivity index (χ1n) is 5.32. The molecule has 2 heterocycles. The van der Waals surface area contributed by atoms with Crippen LogP contribution in [0, 0.1) is 6.92 Å². The number of hydrogen-bond acceptors (Lipinski definition) is 6. The Morgan fingerprint density at radius 1 is 1.41 bits per heavy atom. The van der Waals surface area contributed by atoms with Crippen LogP contribution >= 0.6 is 11.3 Å². The van der Waals surface area contributed by atoms with Crippen molar-refractivity contribution in [1.82, 2.24) is 15.0 Å². The SMILES string of the molecule is CNc1nccc(N(C)Cc2csc(C)n2)n1. The fraction of sp³-hybridized carbons (Fsp3) is 0.364. The second kappa shape index (κ2) is 5.09. The minimum Gasteiger partial charge on any atom is -0.357 e. The third-order valence-electron chi connectivity index (χ3n) is 2.32. The third-order valence-corrected chi connectivity index (χ3v) is 3.14. The van der Waals surface area contributed by atoms with E-state index >= 15 is 0 Å². The van der Waals surface area contributed by atoms with Gasteiger partial charge in [-0.3, -0.25) is 0 Å². The number of aryl methyl sites for hydroxylation is 1. The molecule has 2 rings (SSSR count). The lowest BCUT2D eigenvalue weighted by atomic mass is 10.4. The maximum absolute atomic E-state index is 4.44. The van der Waals surface area contributed by atoms with Crippen LogP contribution in [0.15, 0.2) is 17.6 Å². The molecule has 0 aliphatic heterocycles. The summed E-state index contributed by atoms with van der Waals surface area (Å²) in [6.07, 6.45) is 1.75. The van der Waals surface area contributed by atoms with E-state index in [1.54, 1.807) is 17.5 Å². The van der Waals surface area contributed by atoms with Gasteiger partial charge in [-0.15, -0.1) is 11.3 Å². The van der Waals surface area contributed by atoms with E-state index in [0.717, 1.165) is 23.1 Å². The van der Waals surface area contributed by atoms with Crippen molar-refractivity contribution in [3.63, 3.8) is 0 Å². The minimum absolute atomic E-state index is 0.629. The molecule has 0 saturated carbocycles. The topological polar surface area (TPSA) is 53.9 Å². The Morgan fingerprint density at radius 3 is 2.88 bits per heavy atom. The molecule has 0 aliphatic rings. The Kier molecular flexibility index (Phi) is 3.53. The summed E-state index contributed by atoms with van der Waals surface area (Å²) in [5, 5.41) is 6.09. The highest BCUT2D eigenvalue weighted by Gasteiger charge is 2.06. The van der Waals surface area contributed by atoms with Crippen LogP contribution in [0.2, 0.25) is 0 Å². The van der Waals surface area contributed by atoms with Gasteiger partial charge in [0.05, 0.1) is 17.2 Å². The lowest BCUT2D eigenvalue weighted by molar-refractivity contribution is 0.866. The smallest absolute Gasteiger partial charge is 0.224 e. The van der Waals surface area contributed by atoms with Crippen LogP contribution in [-0.2, 0) is 6.54 Å². The highest BCUT2D eigenvalue weighted by atomic mass is 32.1. The number of thiazole rings is 1. The average molecular weight is 249 g/mol. The molecule has 0 atom stereocenters. The first-order valence-corrected chi connectivity index (χ1v) is 6.20. The van der Waals surface area contributed by atoms with Gasteiger partial charge >= 0.3 is 0 Å². The summed E-state index contributed by atoms with van der Waals surface area (Å²) in [7, 11) is 3.80. The van der Waals surface area contributed by atoms with Gasteiger partial charge in [-0.25, -0.2) is 9.97 Å². The first-order chi connectivity index (χ1) is 8.19. The summed E-state index contributed by atoms with van der Waals surface area (Å²) in [4.78, 5) is 15.0. The summed E-state index contributed by atoms with van der Waals surface area (Å²) in [5.74, 6) is 1.51. The zero-order chi connectivity index (χ0) is 12.3. The lowest BCUT2D eigenvalue weighted by Crippen LogP contribution is -2.18. The van der Waals surface area contributed by atoms with Crippen LogP contribution in [0.5, 0.6) is 0 Å². The molecule has 0 amide bonds. The summed E-state index contributed by atoms with van der Waals surface area (Å²) >= 11 is 1.67. The average Bonchev–Trinajstić information content (AvgIpc) is 2.75. The molecule has 0 spiro atoms. The molecule has 0 radical (unpaired) electrons. The molecule has 1 N–H and O–H groups in total. The summed E-state index contributed by atoms with van der Waals surface area (Å²) in [6.45, 7) is 2.77. The maximum atomic E-state index is 4.44. The second-order valence-electron chi connectivity index (χ2n) is 3.70. The Labute approximate surface area is 105 Å². The molecule has 6 heteroatoms. The van der Waals surface area contributed by atoms with E-state index in [1.807, 2.05) is 27.1 Å². The minimum atomic E-state index is 0.629. The molecule has 5 nitrogen and oxygen atoms in total. The van der Waals surface area contributed by atoms with Crippen molar-refractivity contribution < 1.29 is 0 Å². The second-order valence-corrected chi connectivity index (χ2v) is 4.76. The molecule has 0 aromatic carbocycles. The van der Waals surface area contributed by atoms with Crippen molar-refractivity contribution in [2.24, 2.45) is 0 Å². The molecule has 2 aromatic rings. The van der Waals surface area contributed by atoms with Crippen LogP contribution in [0.4, 0.5) is 11.8 Å². The quantitative estimate of drug-likeness (QED) is 0.897. The van der Waals surface area contributed by atoms with E-state index in [1.165, 1.54) is 0 Å². The largest absolute Gasteiger partial charge is 0.357 e. The fourth-order valence-electron chi connectivity index (χ4n) is 1.49. The van der Waals surface area contributed by atoms with Crippen LogP contribution in [-0.4, -0.2) is 29.0 Å². The van der Waals surface area contributed by atoms with Crippen molar-refractivity contribution in [2.45, 2.75) is 13.5 Å². The molecule has 0 saturated heterocycles. The number of aromatic nitrogens is 3. The van der Waals surface area contributed by atoms with Gasteiger partial charge in [-0.05, 0) is 13.0 Å². The number of hydrogen-bond donors (Lipinski definition) is 1. The highest BCUT2D eigenvalue weighted by Crippen LogP contribution is 2.15. The number of nitrogens with zero attached hydrogens (tertiary/aromatic N) is 4. The van der Waals surface area contributed by atoms with Crippen LogP contribution < -0.4 is 10.2 Å². The molecule has 0 aliphatic carbocycles. The lowest BCUT2D eigenvalue weighted by Gasteiger charge is -2.16. The molecule has 90 valence electrons. The van der Waals surface area contributed by atoms with Gasteiger partial charge in [0.2, 0.25) is 5.95 Å². The van der Waals surface area contributed by atoms with Crippen molar-refractivity contribution in [1.29, 1.82) is 0 Å². The fourth-order valence-corrected chi connectivity index (χ4v) is 2.09. The molecule has 0 fully saturated rings. The first kappa shape index (κ1) is 11.8. The Balaban J connectivity index is 2.11. The zero-order valence-electron chi connectivity index (χ0n) is 10.1. The van der Waals surface area contributed by atoms with Crippen LogP contribution in [0.1, 0.15) is 10.7 Å². The molecular formula is C11H15N5S. The van der Waals surface area contributed by atoms with Crippen molar-refractivity contribution in [2.75, 3.05) is 24.3 Å². The number of rotatable bonds is 4. The molecule has 2 aromatic heterocycles. The van der Waals surface area contributed by atoms with Gasteiger partial charge in [0.25, 0.3) is 0 Å². The van der Waals surface area contributed by atoms with E-state index in [0.29, 0.717) is 5.95 Å². The van der Waals surface area contributed by atoms with Gasteiger partial charge in [-0.1, -0.05) is 0 Å². The third kappa shape index (κ3) is 2.91. The van der Waals surface area contributed by atoms with Crippen molar-refractivity contribution in [3.05, 3.63) is 28.3 Å². The molecule has 17 heavy (non-hydrogen) atoms. The van der Waals surface area contributed by atoms with E-state index in [4.69, 9.17) is 0 Å². The molecule has 0 unspecified atom stereocenters. The number of anilines is 2. The highest BCUT2D eigenvalue weighted by molar-refractivity contribution is 7.09. The molecular weight excluding hydrogens is 234 g/mol. The van der Waals surface area contributed by atoms with Crippen LogP contribution in [0.25, 0.3) is 0 Å². The van der Waals surface area contributed by atoms with Gasteiger partial charge in [-0.2, -0.15) is 4.98 Å². The van der Waals surface area contributed by atoms with E-state index in [9.17, 15) is 0 Å². The summed E-state index contributed by atoms with van der Waals surface area (Å²) < 4.78 is 0. The summed E-state index contributed by atoms with van der Waals surface area (Å²) in [6, 6.07) is 1.89. The van der Waals surface area contributed by atoms with E-state index in [2.05, 4.69) is 30.5 Å². The van der Waals surface area contributed by atoms with Gasteiger partial charge < -0.3 is 10.2 Å². The normalized spacial score (nSPS) is 10.3. The van der Waals surface area contributed by atoms with Crippen molar-refractivity contribution in [3.8, 4) is 0 Å². The van der Waals surface area contributed by atoms with E-state index in [-0.39, 0.29) is 0 Å². The summed E-state index contributed by atoms with van der Waals surface area (Å²) in [5.41, 5.74) is 1.07. The number of nitrogens with one attached hydrogen (secondary N) is 1. The van der Waals surface area contributed by atoms with E-state index < -0.39 is 0 Å². The van der Waals surface area contributed by atoms with Gasteiger partial charge in [0.15, 0.2) is 0 Å². The van der Waals surface area contributed by atoms with Crippen molar-refractivity contribution >= 4 is 23.1 Å². The van der Waals surface area contributed by atoms with Gasteiger partial charge in [0, 0.05) is 25.7 Å². The Morgan fingerprint density at radius 2 is 2.24 bits per heavy atom. The zero-order valence-corrected chi connectivity index (χ0v) is 11.0. The Hall–Kier alpha value is -1.69.